The molecule has 0 aliphatic heterocycles. The van der Waals surface area contributed by atoms with Crippen LogP contribution in [-0.2, 0) is 0 Å². The Bertz CT molecular complexity index is 6040. The second-order valence-electron chi connectivity index (χ2n) is 21.8. The third kappa shape index (κ3) is 7.17. The fourth-order valence-electron chi connectivity index (χ4n) is 13.9. The molecule has 0 aliphatic carbocycles. The van der Waals surface area contributed by atoms with E-state index in [0.717, 1.165) is 55.4 Å². The second-order valence-corrected chi connectivity index (χ2v) is 22.2. The van der Waals surface area contributed by atoms with Crippen molar-refractivity contribution in [2.45, 2.75) is 0 Å². The summed E-state index contributed by atoms with van der Waals surface area (Å²) in [6.07, 6.45) is 0. The molecular weight excluding hydrogens is 1070 g/mol. The summed E-state index contributed by atoms with van der Waals surface area (Å²) in [6, 6.07) is 93.9. The number of nitrogens with one attached hydrogen (secondary N) is 1. The zero-order chi connectivity index (χ0) is 55.9. The molecule has 20 rings (SSSR count). The Morgan fingerprint density at radius 1 is 0.279 bits per heavy atom. The van der Waals surface area contributed by atoms with Crippen molar-refractivity contribution in [3.63, 3.8) is 0 Å². The van der Waals surface area contributed by atoms with E-state index < -0.39 is 0 Å². The molecule has 20 aromatic rings. The minimum atomic E-state index is 0. The first-order valence-electron chi connectivity index (χ1n) is 28.6. The van der Waals surface area contributed by atoms with Gasteiger partial charge in [-0.25, -0.2) is 19.9 Å². The fourth-order valence-corrected chi connectivity index (χ4v) is 14.1. The summed E-state index contributed by atoms with van der Waals surface area (Å²) in [5, 5.41) is 17.7. The smallest absolute Gasteiger partial charge is 0.235 e. The number of rotatable bonds is 3. The Balaban J connectivity index is 0.000000112. The van der Waals surface area contributed by atoms with Gasteiger partial charge in [-0.2, -0.15) is 0 Å². The molecule has 9 heteroatoms. The van der Waals surface area contributed by atoms with Gasteiger partial charge in [0.25, 0.3) is 0 Å². The molecule has 404 valence electrons. The van der Waals surface area contributed by atoms with Crippen LogP contribution in [-0.4, -0.2) is 38.3 Å². The first kappa shape index (κ1) is 49.4. The maximum atomic E-state index is 5.95. The van der Waals surface area contributed by atoms with Gasteiger partial charge in [-0.15, -0.1) is 0 Å². The molecule has 0 atom stereocenters. The lowest BCUT2D eigenvalue weighted by Gasteiger charge is -2.12. The van der Waals surface area contributed by atoms with Crippen molar-refractivity contribution >= 4 is 153 Å². The van der Waals surface area contributed by atoms with Crippen LogP contribution in [0.4, 0.5) is 0 Å². The van der Waals surface area contributed by atoms with Crippen molar-refractivity contribution < 1.29 is 0 Å². The van der Waals surface area contributed by atoms with E-state index in [0.29, 0.717) is 5.95 Å². The number of aromatic amines is 1. The number of aromatic nitrogens is 8. The van der Waals surface area contributed by atoms with E-state index in [2.05, 4.69) is 235 Å². The largest absolute Gasteiger partial charge is 0.358 e. The molecular formula is C77H48ClN8-. The normalized spacial score (nSPS) is 11.9. The van der Waals surface area contributed by atoms with Gasteiger partial charge in [0.15, 0.2) is 0 Å². The third-order valence-electron chi connectivity index (χ3n) is 17.3. The zero-order valence-electron chi connectivity index (χ0n) is 46.4. The van der Waals surface area contributed by atoms with Gasteiger partial charge in [0.2, 0.25) is 11.2 Å². The highest BCUT2D eigenvalue weighted by Crippen LogP contribution is 2.46. The molecule has 8 aromatic heterocycles. The lowest BCUT2D eigenvalue weighted by molar-refractivity contribution is 1.01. The van der Waals surface area contributed by atoms with Crippen LogP contribution in [0.15, 0.2) is 267 Å². The summed E-state index contributed by atoms with van der Waals surface area (Å²) in [5.41, 5.74) is 17.9. The van der Waals surface area contributed by atoms with E-state index in [4.69, 9.17) is 21.6 Å². The van der Waals surface area contributed by atoms with Gasteiger partial charge in [-0.1, -0.05) is 206 Å². The summed E-state index contributed by atoms with van der Waals surface area (Å²) in [7, 11) is 0. The quantitative estimate of drug-likeness (QED) is 0.141. The molecule has 8 heterocycles. The van der Waals surface area contributed by atoms with Crippen molar-refractivity contribution in [1.82, 2.24) is 38.3 Å². The Morgan fingerprint density at radius 2 is 0.686 bits per heavy atom. The fraction of sp³-hybridized carbons (Fsp3) is 0. The summed E-state index contributed by atoms with van der Waals surface area (Å²) < 4.78 is 7.18. The summed E-state index contributed by atoms with van der Waals surface area (Å²) in [4.78, 5) is 22.7. The molecule has 0 unspecified atom stereocenters. The molecule has 8 nitrogen and oxygen atoms in total. The van der Waals surface area contributed by atoms with Gasteiger partial charge in [0.05, 0.1) is 66.6 Å². The number of halogens is 1. The second kappa shape index (κ2) is 19.2. The van der Waals surface area contributed by atoms with Crippen molar-refractivity contribution in [1.29, 1.82) is 0 Å². The topological polar surface area (TPSA) is 81.1 Å². The van der Waals surface area contributed by atoms with Crippen molar-refractivity contribution in [2.24, 2.45) is 0 Å². The number of para-hydroxylation sites is 6. The number of benzene rings is 12. The Morgan fingerprint density at radius 3 is 1.27 bits per heavy atom. The molecule has 0 bridgehead atoms. The van der Waals surface area contributed by atoms with Gasteiger partial charge >= 0.3 is 0 Å². The lowest BCUT2D eigenvalue weighted by atomic mass is 10.0. The van der Waals surface area contributed by atoms with E-state index in [-0.39, 0.29) is 12.7 Å². The molecule has 0 spiro atoms. The van der Waals surface area contributed by atoms with Crippen LogP contribution >= 0.6 is 11.6 Å². The van der Waals surface area contributed by atoms with E-state index >= 15 is 0 Å². The van der Waals surface area contributed by atoms with E-state index in [9.17, 15) is 0 Å². The number of H-pyrrole nitrogens is 1. The molecule has 0 radical (unpaired) electrons. The standard InChI is InChI=1S/C38H22N4.C24H14N2.C14H9ClN2.CH3/c1-2-11-23(12-3-1)36-28-15-4-7-17-29(28)39-38(40-36)42-32-20-10-16-26-24-13-5-8-18-30(24)41-31-19-9-6-14-25(31)27-21-22-33(42)35(34(26)32)37(27)41;1-3-10-20-14(6-1)16-8-5-9-18-22(16)23-19(25-18)13-12-17-15-7-2-4-11-21(15)26(20)24(17)23;15-14-16-12-9-5-4-8-11(12)13(17-14)10-6-2-1-3-7-10;/h1-22H;1-13,25H;1-9H;1H3/q;;;-1. The first-order chi connectivity index (χ1) is 42.1. The van der Waals surface area contributed by atoms with Crippen molar-refractivity contribution in [3.05, 3.63) is 280 Å². The monoisotopic (exact) mass is 1120 g/mol. The van der Waals surface area contributed by atoms with E-state index in [1.54, 1.807) is 0 Å². The minimum Gasteiger partial charge on any atom is -0.358 e. The SMILES string of the molecule is Clc1nc(-c2ccccc2)c2ccccc2n1.[CH3-].c1cc2[nH]c3ccc4c5ccccc5n5c6ccccc6c(c1)c2c3c45.c1ccc(-c2nc(-n3c4cccc5c6ccccc6n6c7ccccc7c7ccc3c(c54)c76)nc3ccccc23)cc1. The number of fused-ring (bicyclic) bond motifs is 14. The molecule has 0 saturated carbocycles. The van der Waals surface area contributed by atoms with Gasteiger partial charge in [-0.3, -0.25) is 4.57 Å². The van der Waals surface area contributed by atoms with Crippen LogP contribution in [0.2, 0.25) is 5.28 Å². The van der Waals surface area contributed by atoms with Gasteiger partial charge in [0, 0.05) is 86.8 Å². The predicted molar refractivity (Wildman–Crippen MR) is 361 cm³/mol. The van der Waals surface area contributed by atoms with Gasteiger partial charge < -0.3 is 21.2 Å². The van der Waals surface area contributed by atoms with Crippen molar-refractivity contribution in [2.75, 3.05) is 0 Å². The van der Waals surface area contributed by atoms with Crippen LogP contribution in [0.25, 0.3) is 170 Å². The number of hydrogen-bond donors (Lipinski definition) is 1. The summed E-state index contributed by atoms with van der Waals surface area (Å²) in [6.45, 7) is 0. The molecule has 0 aliphatic rings. The molecule has 1 N–H and O–H groups in total. The highest BCUT2D eigenvalue weighted by Gasteiger charge is 2.25. The van der Waals surface area contributed by atoms with Gasteiger partial charge in [0.1, 0.15) is 0 Å². The molecule has 0 fully saturated rings. The first-order valence-corrected chi connectivity index (χ1v) is 29.0. The number of hydrogen-bond acceptors (Lipinski definition) is 4. The van der Waals surface area contributed by atoms with Crippen LogP contribution in [0.3, 0.4) is 0 Å². The molecule has 0 amide bonds. The maximum absolute atomic E-state index is 5.95. The highest BCUT2D eigenvalue weighted by molar-refractivity contribution is 6.34. The highest BCUT2D eigenvalue weighted by atomic mass is 35.5. The van der Waals surface area contributed by atoms with Gasteiger partial charge in [-0.05, 0) is 83.0 Å². The maximum Gasteiger partial charge on any atom is 0.235 e. The average molecular weight is 1120 g/mol. The predicted octanol–water partition coefficient (Wildman–Crippen LogP) is 20.4. The summed E-state index contributed by atoms with van der Waals surface area (Å²) >= 11 is 5.95. The Kier molecular flexibility index (Phi) is 11.0. The third-order valence-corrected chi connectivity index (χ3v) is 17.5. The van der Waals surface area contributed by atoms with Crippen LogP contribution < -0.4 is 0 Å². The lowest BCUT2D eigenvalue weighted by Crippen LogP contribution is -2.03. The van der Waals surface area contributed by atoms with Crippen LogP contribution in [0.1, 0.15) is 0 Å². The van der Waals surface area contributed by atoms with Crippen molar-refractivity contribution in [3.8, 4) is 28.5 Å². The van der Waals surface area contributed by atoms with E-state index in [1.807, 2.05) is 60.7 Å². The Labute approximate surface area is 496 Å². The van der Waals surface area contributed by atoms with Crippen LogP contribution in [0, 0.1) is 7.43 Å². The van der Waals surface area contributed by atoms with E-state index in [1.165, 1.54) is 109 Å². The number of nitrogens with zero attached hydrogens (tertiary/aromatic N) is 7. The zero-order valence-corrected chi connectivity index (χ0v) is 47.2. The molecule has 12 aromatic carbocycles. The summed E-state index contributed by atoms with van der Waals surface area (Å²) in [5.74, 6) is 0.681. The average Bonchev–Trinajstić information content (AvgIpc) is 1.57. The molecule has 86 heavy (non-hydrogen) atoms. The van der Waals surface area contributed by atoms with Crippen LogP contribution in [0.5, 0.6) is 0 Å². The minimum absolute atomic E-state index is 0. The molecule has 0 saturated heterocycles. The Hall–Kier alpha value is -11.2.